The van der Waals surface area contributed by atoms with Crippen molar-refractivity contribution in [2.45, 2.75) is 114 Å². The number of carbonyl (C=O) groups excluding carboxylic acids is 2. The molecule has 2 aromatic carbocycles. The molecule has 3 unspecified atom stereocenters. The van der Waals surface area contributed by atoms with Gasteiger partial charge in [0.2, 0.25) is 0 Å². The third kappa shape index (κ3) is 12.4. The predicted octanol–water partition coefficient (Wildman–Crippen LogP) is 9.29. The van der Waals surface area contributed by atoms with Gasteiger partial charge in [-0.05, 0) is 101 Å². The molecule has 0 bridgehead atoms. The Labute approximate surface area is 279 Å². The Morgan fingerprint density at radius 2 is 1.28 bits per heavy atom. The van der Waals surface area contributed by atoms with Gasteiger partial charge < -0.3 is 18.9 Å². The van der Waals surface area contributed by atoms with Crippen LogP contribution in [0.5, 0.6) is 0 Å². The van der Waals surface area contributed by atoms with Crippen molar-refractivity contribution in [2.75, 3.05) is 13.2 Å². The fraction of sp³-hybridized carbons (Fsp3) is 0.588. The summed E-state index contributed by atoms with van der Waals surface area (Å²) < 4.78 is 101. The molecule has 2 heterocycles. The van der Waals surface area contributed by atoms with Crippen molar-refractivity contribution < 1.29 is 54.9 Å². The molecule has 0 spiro atoms. The first kappa shape index (κ1) is 38.8. The first-order valence-corrected chi connectivity index (χ1v) is 16.1. The van der Waals surface area contributed by atoms with Crippen LogP contribution in [0.2, 0.25) is 0 Å². The molecule has 2 aliphatic heterocycles. The summed E-state index contributed by atoms with van der Waals surface area (Å²) in [5.74, 6) is -7.77. The van der Waals surface area contributed by atoms with Crippen LogP contribution in [0, 0.1) is 11.6 Å². The highest BCUT2D eigenvalue weighted by molar-refractivity contribution is 9.09. The highest BCUT2D eigenvalue weighted by Crippen LogP contribution is 2.41. The van der Waals surface area contributed by atoms with Crippen LogP contribution >= 0.6 is 15.9 Å². The Kier molecular flexibility index (Phi) is 12.6. The number of ether oxygens (including phenoxy) is 4. The molecular weight excluding hydrogens is 698 g/mol. The van der Waals surface area contributed by atoms with Gasteiger partial charge in [0.15, 0.2) is 0 Å². The summed E-state index contributed by atoms with van der Waals surface area (Å²) in [4.78, 5) is 23.3. The molecule has 6 nitrogen and oxygen atoms in total. The lowest BCUT2D eigenvalue weighted by Gasteiger charge is -2.31. The van der Waals surface area contributed by atoms with Crippen LogP contribution in [-0.4, -0.2) is 48.2 Å². The van der Waals surface area contributed by atoms with E-state index in [1.54, 1.807) is 41.5 Å². The summed E-state index contributed by atoms with van der Waals surface area (Å²) in [5.41, 5.74) is 0.481. The summed E-state index contributed by atoms with van der Waals surface area (Å²) in [7, 11) is 0. The fourth-order valence-corrected chi connectivity index (χ4v) is 5.53. The molecule has 2 fully saturated rings. The van der Waals surface area contributed by atoms with Gasteiger partial charge in [0.05, 0.1) is 18.6 Å². The zero-order valence-corrected chi connectivity index (χ0v) is 28.8. The zero-order chi connectivity index (χ0) is 35.4. The van der Waals surface area contributed by atoms with E-state index in [0.717, 1.165) is 0 Å². The second kappa shape index (κ2) is 15.3. The van der Waals surface area contributed by atoms with E-state index >= 15 is 0 Å². The number of carbonyl (C=O) groups is 2. The van der Waals surface area contributed by atoms with Crippen molar-refractivity contribution in [3.8, 4) is 0 Å². The second-order valence-electron chi connectivity index (χ2n) is 13.7. The van der Waals surface area contributed by atoms with Crippen LogP contribution < -0.4 is 0 Å². The largest absolute Gasteiger partial charge is 0.460 e. The Bertz CT molecular complexity index is 1380. The third-order valence-corrected chi connectivity index (χ3v) is 7.89. The highest BCUT2D eigenvalue weighted by Gasteiger charge is 2.39. The van der Waals surface area contributed by atoms with Crippen LogP contribution in [0.15, 0.2) is 36.4 Å². The topological polar surface area (TPSA) is 71.1 Å². The maximum absolute atomic E-state index is 13.7. The number of benzene rings is 2. The SMILES string of the molecule is CC(C)(C)OC(=O)C(Br)c1cc(F)ccc1C1CCC(F)(F)CO1.CC(C)(C)OC(=O)Cc1cc(F)ccc1C1CCC(F)(F)CO1. The van der Waals surface area contributed by atoms with E-state index in [-0.39, 0.29) is 32.1 Å². The van der Waals surface area contributed by atoms with Gasteiger partial charge in [-0.2, -0.15) is 0 Å². The minimum Gasteiger partial charge on any atom is -0.460 e. The molecule has 0 aromatic heterocycles. The van der Waals surface area contributed by atoms with Crippen molar-refractivity contribution in [3.63, 3.8) is 0 Å². The maximum Gasteiger partial charge on any atom is 0.324 e. The van der Waals surface area contributed by atoms with Crippen molar-refractivity contribution in [2.24, 2.45) is 0 Å². The number of alkyl halides is 5. The predicted molar refractivity (Wildman–Crippen MR) is 166 cm³/mol. The average Bonchev–Trinajstić information content (AvgIpc) is 2.92. The van der Waals surface area contributed by atoms with Gasteiger partial charge in [-0.3, -0.25) is 9.59 Å². The Morgan fingerprint density at radius 1 is 0.809 bits per heavy atom. The lowest BCUT2D eigenvalue weighted by atomic mass is 9.94. The molecule has 3 atom stereocenters. The van der Waals surface area contributed by atoms with E-state index < -0.39 is 76.9 Å². The minimum atomic E-state index is -2.85. The summed E-state index contributed by atoms with van der Waals surface area (Å²) >= 11 is 3.23. The van der Waals surface area contributed by atoms with Gasteiger partial charge in [0.25, 0.3) is 11.8 Å². The zero-order valence-electron chi connectivity index (χ0n) is 27.2. The van der Waals surface area contributed by atoms with E-state index in [0.29, 0.717) is 22.3 Å². The lowest BCUT2D eigenvalue weighted by molar-refractivity contribution is -0.155. The molecule has 0 saturated carbocycles. The van der Waals surface area contributed by atoms with E-state index in [9.17, 15) is 35.9 Å². The monoisotopic (exact) mass is 738 g/mol. The van der Waals surface area contributed by atoms with Crippen molar-refractivity contribution in [1.29, 1.82) is 0 Å². The van der Waals surface area contributed by atoms with E-state index in [2.05, 4.69) is 15.9 Å². The van der Waals surface area contributed by atoms with E-state index in [1.165, 1.54) is 36.4 Å². The van der Waals surface area contributed by atoms with Crippen LogP contribution in [0.1, 0.15) is 107 Å². The number of hydrogen-bond donors (Lipinski definition) is 0. The second-order valence-corrected chi connectivity index (χ2v) is 14.6. The Balaban J connectivity index is 0.000000256. The lowest BCUT2D eigenvalue weighted by Crippen LogP contribution is -2.31. The number of rotatable bonds is 6. The maximum atomic E-state index is 13.7. The fourth-order valence-electron chi connectivity index (χ4n) is 5.04. The smallest absolute Gasteiger partial charge is 0.324 e. The van der Waals surface area contributed by atoms with Gasteiger partial charge in [-0.25, -0.2) is 26.3 Å². The van der Waals surface area contributed by atoms with Gasteiger partial charge in [0, 0.05) is 12.8 Å². The van der Waals surface area contributed by atoms with Crippen molar-refractivity contribution >= 4 is 27.9 Å². The molecule has 0 aliphatic carbocycles. The molecule has 2 aromatic rings. The van der Waals surface area contributed by atoms with Crippen LogP contribution in [0.3, 0.4) is 0 Å². The average molecular weight is 740 g/mol. The first-order chi connectivity index (χ1) is 21.5. The Morgan fingerprint density at radius 3 is 1.74 bits per heavy atom. The normalized spacial score (nSPS) is 21.6. The van der Waals surface area contributed by atoms with E-state index in [4.69, 9.17) is 18.9 Å². The van der Waals surface area contributed by atoms with Crippen LogP contribution in [-0.2, 0) is 35.0 Å². The molecule has 4 rings (SSSR count). The van der Waals surface area contributed by atoms with Gasteiger partial charge in [-0.1, -0.05) is 28.1 Å². The highest BCUT2D eigenvalue weighted by atomic mass is 79.9. The molecule has 262 valence electrons. The molecule has 47 heavy (non-hydrogen) atoms. The van der Waals surface area contributed by atoms with E-state index in [1.807, 2.05) is 0 Å². The molecule has 2 saturated heterocycles. The molecule has 2 aliphatic rings. The van der Waals surface area contributed by atoms with Crippen molar-refractivity contribution in [3.05, 3.63) is 70.3 Å². The summed E-state index contributed by atoms with van der Waals surface area (Å²) in [6.45, 7) is 9.04. The summed E-state index contributed by atoms with van der Waals surface area (Å²) in [6.07, 6.45) is -1.68. The summed E-state index contributed by atoms with van der Waals surface area (Å²) in [6, 6.07) is 7.86. The van der Waals surface area contributed by atoms with Gasteiger partial charge in [-0.15, -0.1) is 0 Å². The minimum absolute atomic E-state index is 0.0969. The van der Waals surface area contributed by atoms with Gasteiger partial charge in [0.1, 0.15) is 40.9 Å². The number of halogens is 7. The third-order valence-electron chi connectivity index (χ3n) is 7.03. The quantitative estimate of drug-likeness (QED) is 0.167. The molecule has 0 N–H and O–H groups in total. The molecule has 0 radical (unpaired) electrons. The summed E-state index contributed by atoms with van der Waals surface area (Å²) in [5, 5.41) is 0. The first-order valence-electron chi connectivity index (χ1n) is 15.2. The van der Waals surface area contributed by atoms with Crippen LogP contribution in [0.25, 0.3) is 0 Å². The van der Waals surface area contributed by atoms with Crippen molar-refractivity contribution in [1.82, 2.24) is 0 Å². The Hall–Kier alpha value is -2.64. The molecule has 13 heteroatoms. The number of esters is 2. The standard InChI is InChI=1S/C17H20BrF3O3.C17H21F3O3/c1-16(2,3)24-15(22)14(18)12-8-10(19)4-5-11(12)13-6-7-17(20,21)9-23-13;1-16(2,3)23-15(21)9-11-8-12(18)4-5-13(11)14-6-7-17(19,20)10-22-14/h4-5,8,13-14H,6-7,9H2,1-3H3;4-5,8,14H,6-7,9-10H2,1-3H3. The number of hydrogen-bond acceptors (Lipinski definition) is 6. The van der Waals surface area contributed by atoms with Gasteiger partial charge >= 0.3 is 11.9 Å². The van der Waals surface area contributed by atoms with Crippen LogP contribution in [0.4, 0.5) is 26.3 Å². The molecule has 0 amide bonds. The molecular formula is C34H41BrF6O6.